The average Bonchev–Trinajstić information content (AvgIpc) is 2.85. The van der Waals surface area contributed by atoms with E-state index >= 15 is 0 Å². The molecule has 1 aliphatic rings. The molecule has 17 heavy (non-hydrogen) atoms. The number of amides is 1. The minimum absolute atomic E-state index is 0.0802. The third-order valence-corrected chi connectivity index (χ3v) is 3.06. The van der Waals surface area contributed by atoms with Gasteiger partial charge in [-0.25, -0.2) is 0 Å². The topological polar surface area (TPSA) is 51.2 Å². The normalized spacial score (nSPS) is 13.7. The Bertz CT molecular complexity index is 608. The van der Waals surface area contributed by atoms with E-state index in [0.717, 1.165) is 22.0 Å². The fourth-order valence-corrected chi connectivity index (χ4v) is 2.13. The van der Waals surface area contributed by atoms with E-state index in [4.69, 9.17) is 4.74 Å². The van der Waals surface area contributed by atoms with Gasteiger partial charge in [0.05, 0.1) is 18.7 Å². The fraction of sp³-hybridized carbons (Fsp3) is 0.231. The maximum Gasteiger partial charge on any atom is 0.251 e. The fourth-order valence-electron chi connectivity index (χ4n) is 2.13. The zero-order valence-electron chi connectivity index (χ0n) is 9.49. The third kappa shape index (κ3) is 1.57. The molecule has 0 bridgehead atoms. The van der Waals surface area contributed by atoms with Crippen LogP contribution in [-0.4, -0.2) is 17.9 Å². The van der Waals surface area contributed by atoms with Crippen LogP contribution in [0.1, 0.15) is 21.5 Å². The summed E-state index contributed by atoms with van der Waals surface area (Å²) in [7, 11) is 1.63. The largest absolute Gasteiger partial charge is 0.372 e. The molecule has 0 atom stereocenters. The number of fused-ring (bicyclic) bond motifs is 3. The van der Waals surface area contributed by atoms with Crippen LogP contribution in [0.15, 0.2) is 24.4 Å². The lowest BCUT2D eigenvalue weighted by Crippen LogP contribution is -2.17. The van der Waals surface area contributed by atoms with Crippen molar-refractivity contribution in [2.24, 2.45) is 0 Å². The van der Waals surface area contributed by atoms with Gasteiger partial charge in [0, 0.05) is 29.8 Å². The Kier molecular flexibility index (Phi) is 2.30. The van der Waals surface area contributed by atoms with E-state index in [2.05, 4.69) is 10.3 Å². The lowest BCUT2D eigenvalue weighted by atomic mass is 10.0. The van der Waals surface area contributed by atoms with Gasteiger partial charge in [-0.1, -0.05) is 0 Å². The minimum atomic E-state index is -0.0802. The molecule has 0 fully saturated rings. The molecule has 4 nitrogen and oxygen atoms in total. The number of carbonyl (C=O) groups is 1. The van der Waals surface area contributed by atoms with Crippen LogP contribution in [0.4, 0.5) is 0 Å². The average molecular weight is 228 g/mol. The van der Waals surface area contributed by atoms with Gasteiger partial charge in [0.15, 0.2) is 0 Å². The van der Waals surface area contributed by atoms with Crippen molar-refractivity contribution in [2.75, 3.05) is 7.05 Å². The number of carbonyl (C=O) groups excluding carboxylic acids is 1. The number of pyridine rings is 1. The second kappa shape index (κ2) is 3.82. The van der Waals surface area contributed by atoms with Crippen LogP contribution in [0.25, 0.3) is 10.9 Å². The summed E-state index contributed by atoms with van der Waals surface area (Å²) in [5, 5.41) is 3.64. The van der Waals surface area contributed by atoms with Crippen molar-refractivity contribution >= 4 is 16.8 Å². The van der Waals surface area contributed by atoms with Crippen molar-refractivity contribution in [3.8, 4) is 0 Å². The van der Waals surface area contributed by atoms with E-state index < -0.39 is 0 Å². The van der Waals surface area contributed by atoms with E-state index in [9.17, 15) is 4.79 Å². The van der Waals surface area contributed by atoms with E-state index in [-0.39, 0.29) is 5.91 Å². The molecule has 1 aromatic carbocycles. The summed E-state index contributed by atoms with van der Waals surface area (Å²) >= 11 is 0. The molecule has 0 saturated heterocycles. The molecular formula is C13H12N2O2. The van der Waals surface area contributed by atoms with E-state index in [0.29, 0.717) is 18.8 Å². The molecule has 2 aromatic rings. The zero-order chi connectivity index (χ0) is 11.8. The Morgan fingerprint density at radius 2 is 2.29 bits per heavy atom. The third-order valence-electron chi connectivity index (χ3n) is 3.06. The number of hydrogen-bond donors (Lipinski definition) is 1. The Balaban J connectivity index is 2.24. The summed E-state index contributed by atoms with van der Waals surface area (Å²) < 4.78 is 5.41. The van der Waals surface area contributed by atoms with Crippen LogP contribution in [0.5, 0.6) is 0 Å². The van der Waals surface area contributed by atoms with Crippen LogP contribution in [0.3, 0.4) is 0 Å². The molecule has 0 aliphatic carbocycles. The first-order valence-corrected chi connectivity index (χ1v) is 5.50. The Morgan fingerprint density at radius 1 is 1.41 bits per heavy atom. The van der Waals surface area contributed by atoms with Crippen molar-refractivity contribution in [1.29, 1.82) is 0 Å². The zero-order valence-corrected chi connectivity index (χ0v) is 9.49. The van der Waals surface area contributed by atoms with Crippen LogP contribution < -0.4 is 5.32 Å². The minimum Gasteiger partial charge on any atom is -0.372 e. The summed E-state index contributed by atoms with van der Waals surface area (Å²) in [5.74, 6) is -0.0802. The molecule has 0 saturated carbocycles. The van der Waals surface area contributed by atoms with Gasteiger partial charge in [-0.2, -0.15) is 0 Å². The number of aromatic nitrogens is 1. The Morgan fingerprint density at radius 3 is 3.12 bits per heavy atom. The SMILES string of the molecule is CNC(=O)c1ccc2ncc3c(c2c1)COC3. The predicted molar refractivity (Wildman–Crippen MR) is 63.6 cm³/mol. The maximum atomic E-state index is 11.6. The van der Waals surface area contributed by atoms with E-state index in [1.165, 1.54) is 0 Å². The second-order valence-corrected chi connectivity index (χ2v) is 4.07. The molecule has 1 aromatic heterocycles. The quantitative estimate of drug-likeness (QED) is 0.807. The lowest BCUT2D eigenvalue weighted by Gasteiger charge is -2.05. The lowest BCUT2D eigenvalue weighted by molar-refractivity contribution is 0.0963. The smallest absolute Gasteiger partial charge is 0.251 e. The molecule has 0 radical (unpaired) electrons. The van der Waals surface area contributed by atoms with Gasteiger partial charge in [-0.3, -0.25) is 9.78 Å². The molecule has 4 heteroatoms. The van der Waals surface area contributed by atoms with Crippen molar-refractivity contribution in [2.45, 2.75) is 13.2 Å². The maximum absolute atomic E-state index is 11.6. The van der Waals surface area contributed by atoms with Gasteiger partial charge in [0.1, 0.15) is 0 Å². The first-order chi connectivity index (χ1) is 8.29. The highest BCUT2D eigenvalue weighted by Crippen LogP contribution is 2.27. The standard InChI is InChI=1S/C13H12N2O2/c1-14-13(16)8-2-3-12-10(4-8)11-7-17-6-9(11)5-15-12/h2-5H,6-7H2,1H3,(H,14,16). The number of rotatable bonds is 1. The molecule has 1 aliphatic heterocycles. The molecule has 86 valence electrons. The van der Waals surface area contributed by atoms with E-state index in [1.54, 1.807) is 13.1 Å². The Labute approximate surface area is 98.6 Å². The molecule has 1 N–H and O–H groups in total. The summed E-state index contributed by atoms with van der Waals surface area (Å²) in [6.07, 6.45) is 1.85. The number of ether oxygens (including phenoxy) is 1. The summed E-state index contributed by atoms with van der Waals surface area (Å²) in [6, 6.07) is 5.55. The van der Waals surface area contributed by atoms with Crippen LogP contribution in [-0.2, 0) is 18.0 Å². The number of nitrogens with one attached hydrogen (secondary N) is 1. The van der Waals surface area contributed by atoms with Crippen molar-refractivity contribution in [3.63, 3.8) is 0 Å². The van der Waals surface area contributed by atoms with Crippen LogP contribution >= 0.6 is 0 Å². The predicted octanol–water partition coefficient (Wildman–Crippen LogP) is 1.62. The first-order valence-electron chi connectivity index (χ1n) is 5.50. The van der Waals surface area contributed by atoms with Crippen LogP contribution in [0.2, 0.25) is 0 Å². The highest BCUT2D eigenvalue weighted by molar-refractivity contribution is 5.98. The summed E-state index contributed by atoms with van der Waals surface area (Å²) in [4.78, 5) is 16.0. The number of hydrogen-bond acceptors (Lipinski definition) is 3. The first kappa shape index (κ1) is 10.2. The van der Waals surface area contributed by atoms with Crippen molar-refractivity contribution in [3.05, 3.63) is 41.1 Å². The number of benzene rings is 1. The van der Waals surface area contributed by atoms with Gasteiger partial charge in [-0.05, 0) is 23.8 Å². The van der Waals surface area contributed by atoms with Gasteiger partial charge >= 0.3 is 0 Å². The van der Waals surface area contributed by atoms with Gasteiger partial charge in [0.25, 0.3) is 5.91 Å². The highest BCUT2D eigenvalue weighted by Gasteiger charge is 2.16. The molecule has 3 rings (SSSR count). The molecule has 0 unspecified atom stereocenters. The number of nitrogens with zero attached hydrogens (tertiary/aromatic N) is 1. The van der Waals surface area contributed by atoms with Gasteiger partial charge in [0.2, 0.25) is 0 Å². The monoisotopic (exact) mass is 228 g/mol. The summed E-state index contributed by atoms with van der Waals surface area (Å²) in [6.45, 7) is 1.22. The summed E-state index contributed by atoms with van der Waals surface area (Å²) in [5.41, 5.74) is 3.83. The molecular weight excluding hydrogens is 216 g/mol. The molecule has 0 spiro atoms. The Hall–Kier alpha value is -1.94. The van der Waals surface area contributed by atoms with E-state index in [1.807, 2.05) is 18.3 Å². The van der Waals surface area contributed by atoms with Crippen molar-refractivity contribution in [1.82, 2.24) is 10.3 Å². The molecule has 2 heterocycles. The second-order valence-electron chi connectivity index (χ2n) is 4.07. The highest BCUT2D eigenvalue weighted by atomic mass is 16.5. The van der Waals surface area contributed by atoms with Gasteiger partial charge in [-0.15, -0.1) is 0 Å². The van der Waals surface area contributed by atoms with Gasteiger partial charge < -0.3 is 10.1 Å². The van der Waals surface area contributed by atoms with Crippen LogP contribution in [0, 0.1) is 0 Å². The molecule has 1 amide bonds. The van der Waals surface area contributed by atoms with Crippen molar-refractivity contribution < 1.29 is 9.53 Å².